The Hall–Kier alpha value is -2.95. The predicted molar refractivity (Wildman–Crippen MR) is 104 cm³/mol. The van der Waals surface area contributed by atoms with Crippen molar-refractivity contribution in [3.05, 3.63) is 70.8 Å². The normalized spacial score (nSPS) is 13.2. The summed E-state index contributed by atoms with van der Waals surface area (Å²) in [6.45, 7) is 4.36. The predicted octanol–water partition coefficient (Wildman–Crippen LogP) is 3.44. The second-order valence-electron chi connectivity index (χ2n) is 6.74. The molecule has 0 atom stereocenters. The van der Waals surface area contributed by atoms with Crippen molar-refractivity contribution in [2.24, 2.45) is 0 Å². The van der Waals surface area contributed by atoms with Gasteiger partial charge in [-0.3, -0.25) is 19.3 Å². The van der Waals surface area contributed by atoms with E-state index in [-0.39, 0.29) is 23.8 Å². The maximum atomic E-state index is 12.7. The number of carbonyl (C=O) groups excluding carboxylic acids is 3. The first-order valence-corrected chi connectivity index (χ1v) is 9.40. The third-order valence-electron chi connectivity index (χ3n) is 5.02. The molecule has 0 unspecified atom stereocenters. The van der Waals surface area contributed by atoms with Crippen LogP contribution in [0.3, 0.4) is 0 Å². The fourth-order valence-electron chi connectivity index (χ4n) is 3.28. The summed E-state index contributed by atoms with van der Waals surface area (Å²) in [5.74, 6) is -0.838. The van der Waals surface area contributed by atoms with E-state index in [9.17, 15) is 14.4 Å². The average molecular weight is 364 g/mol. The maximum absolute atomic E-state index is 12.7. The Morgan fingerprint density at radius 2 is 1.63 bits per heavy atom. The first kappa shape index (κ1) is 18.8. The number of nitrogens with zero attached hydrogens (tertiary/aromatic N) is 1. The minimum atomic E-state index is -0.330. The van der Waals surface area contributed by atoms with Crippen LogP contribution in [0.4, 0.5) is 0 Å². The molecule has 2 aromatic carbocycles. The van der Waals surface area contributed by atoms with E-state index in [1.54, 1.807) is 12.1 Å². The molecule has 3 amide bonds. The first-order chi connectivity index (χ1) is 13.0. The van der Waals surface area contributed by atoms with Crippen molar-refractivity contribution in [1.82, 2.24) is 10.2 Å². The van der Waals surface area contributed by atoms with Crippen molar-refractivity contribution in [3.63, 3.8) is 0 Å². The van der Waals surface area contributed by atoms with Gasteiger partial charge in [0.2, 0.25) is 0 Å². The van der Waals surface area contributed by atoms with Crippen molar-refractivity contribution < 1.29 is 14.4 Å². The van der Waals surface area contributed by atoms with Gasteiger partial charge in [0.1, 0.15) is 0 Å². The number of carbonyl (C=O) groups is 3. The van der Waals surface area contributed by atoms with Crippen LogP contribution in [-0.2, 0) is 6.42 Å². The molecule has 0 saturated heterocycles. The fraction of sp³-hybridized carbons (Fsp3) is 0.318. The van der Waals surface area contributed by atoms with Gasteiger partial charge in [0, 0.05) is 18.2 Å². The molecule has 27 heavy (non-hydrogen) atoms. The second kappa shape index (κ2) is 8.16. The summed E-state index contributed by atoms with van der Waals surface area (Å²) in [5, 5.41) is 2.96. The van der Waals surface area contributed by atoms with Crippen LogP contribution >= 0.6 is 0 Å². The number of amides is 3. The number of benzene rings is 2. The van der Waals surface area contributed by atoms with Gasteiger partial charge in [-0.15, -0.1) is 0 Å². The highest BCUT2D eigenvalue weighted by atomic mass is 16.2. The van der Waals surface area contributed by atoms with Crippen molar-refractivity contribution in [1.29, 1.82) is 0 Å². The van der Waals surface area contributed by atoms with E-state index in [0.29, 0.717) is 29.7 Å². The molecule has 2 aromatic rings. The third kappa shape index (κ3) is 3.92. The molecule has 0 aromatic heterocycles. The summed E-state index contributed by atoms with van der Waals surface area (Å²) in [6, 6.07) is 14.6. The highest BCUT2D eigenvalue weighted by Gasteiger charge is 2.35. The molecule has 0 aliphatic carbocycles. The first-order valence-electron chi connectivity index (χ1n) is 9.40. The van der Waals surface area contributed by atoms with Crippen LogP contribution in [0.15, 0.2) is 48.5 Å². The van der Waals surface area contributed by atoms with Gasteiger partial charge in [-0.25, -0.2) is 0 Å². The molecule has 5 heteroatoms. The lowest BCUT2D eigenvalue weighted by molar-refractivity contribution is 0.0656. The molecule has 3 rings (SSSR count). The zero-order chi connectivity index (χ0) is 19.4. The minimum absolute atomic E-state index is 0.102. The van der Waals surface area contributed by atoms with E-state index in [0.717, 1.165) is 18.4 Å². The van der Waals surface area contributed by atoms with E-state index >= 15 is 0 Å². The van der Waals surface area contributed by atoms with E-state index in [2.05, 4.69) is 5.32 Å². The van der Waals surface area contributed by atoms with E-state index in [1.807, 2.05) is 44.2 Å². The van der Waals surface area contributed by atoms with E-state index in [4.69, 9.17) is 0 Å². The number of fused-ring (bicyclic) bond motifs is 1. The van der Waals surface area contributed by atoms with Crippen LogP contribution in [-0.4, -0.2) is 35.2 Å². The van der Waals surface area contributed by atoms with Gasteiger partial charge in [-0.2, -0.15) is 0 Å². The molecule has 1 N–H and O–H groups in total. The fourth-order valence-corrected chi connectivity index (χ4v) is 3.28. The van der Waals surface area contributed by atoms with Crippen molar-refractivity contribution in [2.75, 3.05) is 6.54 Å². The van der Waals surface area contributed by atoms with E-state index in [1.165, 1.54) is 11.0 Å². The SMILES string of the molecule is CCC(CC)NC(=O)c1ccc2c(c1)C(=O)N(CCc1ccccc1)C2=O. The number of hydrogen-bond acceptors (Lipinski definition) is 3. The lowest BCUT2D eigenvalue weighted by atomic mass is 10.0. The van der Waals surface area contributed by atoms with Gasteiger partial charge in [-0.1, -0.05) is 44.2 Å². The summed E-state index contributed by atoms with van der Waals surface area (Å²) < 4.78 is 0. The Morgan fingerprint density at radius 3 is 2.30 bits per heavy atom. The molecular formula is C22H24N2O3. The number of rotatable bonds is 7. The largest absolute Gasteiger partial charge is 0.349 e. The minimum Gasteiger partial charge on any atom is -0.349 e. The van der Waals surface area contributed by atoms with Gasteiger partial charge >= 0.3 is 0 Å². The zero-order valence-electron chi connectivity index (χ0n) is 15.7. The zero-order valence-corrected chi connectivity index (χ0v) is 15.7. The van der Waals surface area contributed by atoms with Gasteiger partial charge in [0.15, 0.2) is 0 Å². The van der Waals surface area contributed by atoms with Crippen LogP contribution in [0.25, 0.3) is 0 Å². The van der Waals surface area contributed by atoms with Crippen LogP contribution in [0.1, 0.15) is 63.3 Å². The number of hydrogen-bond donors (Lipinski definition) is 1. The Labute approximate surface area is 159 Å². The Balaban J connectivity index is 1.75. The molecule has 0 fully saturated rings. The summed E-state index contributed by atoms with van der Waals surface area (Å²) in [6.07, 6.45) is 2.30. The number of imide groups is 1. The summed E-state index contributed by atoms with van der Waals surface area (Å²) in [7, 11) is 0. The van der Waals surface area contributed by atoms with Gasteiger partial charge < -0.3 is 5.32 Å². The van der Waals surface area contributed by atoms with Crippen LogP contribution in [0.5, 0.6) is 0 Å². The van der Waals surface area contributed by atoms with Crippen molar-refractivity contribution >= 4 is 17.7 Å². The summed E-state index contributed by atoms with van der Waals surface area (Å²) >= 11 is 0. The molecule has 0 saturated carbocycles. The van der Waals surface area contributed by atoms with Crippen LogP contribution < -0.4 is 5.32 Å². The lowest BCUT2D eigenvalue weighted by Gasteiger charge is -2.14. The molecule has 0 spiro atoms. The highest BCUT2D eigenvalue weighted by molar-refractivity contribution is 6.22. The second-order valence-corrected chi connectivity index (χ2v) is 6.74. The van der Waals surface area contributed by atoms with Crippen molar-refractivity contribution in [3.8, 4) is 0 Å². The van der Waals surface area contributed by atoms with Crippen molar-refractivity contribution in [2.45, 2.75) is 39.2 Å². The Morgan fingerprint density at radius 1 is 0.963 bits per heavy atom. The lowest BCUT2D eigenvalue weighted by Crippen LogP contribution is -2.34. The molecule has 1 aliphatic rings. The van der Waals surface area contributed by atoms with E-state index < -0.39 is 0 Å². The molecule has 1 aliphatic heterocycles. The summed E-state index contributed by atoms with van der Waals surface area (Å²) in [4.78, 5) is 39.0. The van der Waals surface area contributed by atoms with Gasteiger partial charge in [-0.05, 0) is 43.0 Å². The molecule has 1 heterocycles. The molecule has 0 bridgehead atoms. The molecule has 140 valence electrons. The topological polar surface area (TPSA) is 66.5 Å². The summed E-state index contributed by atoms with van der Waals surface area (Å²) in [5.41, 5.74) is 2.16. The van der Waals surface area contributed by atoms with Gasteiger partial charge in [0.05, 0.1) is 11.1 Å². The Kier molecular flexibility index (Phi) is 5.69. The smallest absolute Gasteiger partial charge is 0.261 e. The maximum Gasteiger partial charge on any atom is 0.261 e. The monoisotopic (exact) mass is 364 g/mol. The standard InChI is InChI=1S/C22H24N2O3/c1-3-17(4-2)23-20(25)16-10-11-18-19(14-16)22(27)24(21(18)26)13-12-15-8-6-5-7-9-15/h5-11,14,17H,3-4,12-13H2,1-2H3,(H,23,25). The highest BCUT2D eigenvalue weighted by Crippen LogP contribution is 2.24. The molecule has 5 nitrogen and oxygen atoms in total. The quantitative estimate of drug-likeness (QED) is 0.765. The Bertz CT molecular complexity index is 857. The van der Waals surface area contributed by atoms with Crippen LogP contribution in [0, 0.1) is 0 Å². The third-order valence-corrected chi connectivity index (χ3v) is 5.02. The number of nitrogens with one attached hydrogen (secondary N) is 1. The average Bonchev–Trinajstić information content (AvgIpc) is 2.94. The van der Waals surface area contributed by atoms with Crippen LogP contribution in [0.2, 0.25) is 0 Å². The molecular weight excluding hydrogens is 340 g/mol. The molecule has 0 radical (unpaired) electrons. The van der Waals surface area contributed by atoms with Gasteiger partial charge in [0.25, 0.3) is 17.7 Å².